The molecule has 3 heteroatoms. The molecule has 3 aliphatic rings. The van der Waals surface area contributed by atoms with Crippen molar-refractivity contribution < 1.29 is 5.11 Å². The second kappa shape index (κ2) is 4.47. The summed E-state index contributed by atoms with van der Waals surface area (Å²) < 4.78 is 0. The predicted molar refractivity (Wildman–Crippen MR) is 67.5 cm³/mol. The van der Waals surface area contributed by atoms with Gasteiger partial charge in [-0.15, -0.1) is 12.4 Å². The normalized spacial score (nSPS) is 50.6. The lowest BCUT2D eigenvalue weighted by molar-refractivity contribution is 0.0292. The van der Waals surface area contributed by atoms with Crippen LogP contribution in [0, 0.1) is 23.2 Å². The Hall–Kier alpha value is 0.210. The van der Waals surface area contributed by atoms with Gasteiger partial charge >= 0.3 is 0 Å². The second-order valence-corrected chi connectivity index (χ2v) is 6.17. The number of hydrogen-bond donors (Lipinski definition) is 2. The Morgan fingerprint density at radius 3 is 2.69 bits per heavy atom. The Balaban J connectivity index is 0.000000963. The van der Waals surface area contributed by atoms with Crippen LogP contribution < -0.4 is 5.73 Å². The van der Waals surface area contributed by atoms with E-state index in [4.69, 9.17) is 5.73 Å². The Kier molecular flexibility index (Phi) is 3.54. The standard InChI is InChI=1S/C13H23NO.ClH/c14-12-10-3-4-11(6-10)13(12)5-1-2-9(7-13)8-15;/h9-12,15H,1-8,14H2;1H/t9-,10+,11-,12+,13+;/m0./s1. The van der Waals surface area contributed by atoms with Gasteiger partial charge in [-0.3, -0.25) is 0 Å². The summed E-state index contributed by atoms with van der Waals surface area (Å²) in [6.45, 7) is 0.381. The minimum Gasteiger partial charge on any atom is -0.396 e. The Labute approximate surface area is 104 Å². The third-order valence-corrected chi connectivity index (χ3v) is 5.64. The number of fused-ring (bicyclic) bond motifs is 3. The summed E-state index contributed by atoms with van der Waals surface area (Å²) in [7, 11) is 0. The quantitative estimate of drug-likeness (QED) is 0.745. The molecule has 0 aliphatic heterocycles. The van der Waals surface area contributed by atoms with Crippen LogP contribution in [0.25, 0.3) is 0 Å². The Morgan fingerprint density at radius 1 is 1.25 bits per heavy atom. The number of halogens is 1. The number of nitrogens with two attached hydrogens (primary N) is 1. The van der Waals surface area contributed by atoms with E-state index in [0.717, 1.165) is 11.8 Å². The van der Waals surface area contributed by atoms with E-state index < -0.39 is 0 Å². The maximum atomic E-state index is 9.35. The minimum absolute atomic E-state index is 0. The van der Waals surface area contributed by atoms with Crippen molar-refractivity contribution in [3.8, 4) is 0 Å². The number of rotatable bonds is 1. The van der Waals surface area contributed by atoms with Crippen LogP contribution in [-0.4, -0.2) is 17.8 Å². The first kappa shape index (κ1) is 12.7. The van der Waals surface area contributed by atoms with Gasteiger partial charge in [-0.2, -0.15) is 0 Å². The first-order valence-corrected chi connectivity index (χ1v) is 6.63. The zero-order chi connectivity index (χ0) is 10.5. The summed E-state index contributed by atoms with van der Waals surface area (Å²) in [5.41, 5.74) is 6.90. The molecular weight excluding hydrogens is 222 g/mol. The maximum Gasteiger partial charge on any atom is 0.0459 e. The fraction of sp³-hybridized carbons (Fsp3) is 1.00. The Morgan fingerprint density at radius 2 is 2.06 bits per heavy atom. The summed E-state index contributed by atoms with van der Waals surface area (Å²) in [4.78, 5) is 0. The molecule has 1 spiro atoms. The number of aliphatic hydroxyl groups is 1. The average Bonchev–Trinajstić information content (AvgIpc) is 2.84. The van der Waals surface area contributed by atoms with Crippen LogP contribution >= 0.6 is 12.4 Å². The molecule has 3 saturated carbocycles. The molecule has 0 amide bonds. The highest BCUT2D eigenvalue weighted by Crippen LogP contribution is 2.61. The van der Waals surface area contributed by atoms with Gasteiger partial charge in [0.1, 0.15) is 0 Å². The van der Waals surface area contributed by atoms with Gasteiger partial charge in [0.25, 0.3) is 0 Å². The van der Waals surface area contributed by atoms with Gasteiger partial charge in [-0.1, -0.05) is 6.42 Å². The molecule has 94 valence electrons. The fourth-order valence-electron chi connectivity index (χ4n) is 4.90. The molecule has 16 heavy (non-hydrogen) atoms. The molecule has 0 aromatic rings. The lowest BCUT2D eigenvalue weighted by Gasteiger charge is -2.47. The van der Waals surface area contributed by atoms with Gasteiger partial charge in [0.15, 0.2) is 0 Å². The summed E-state index contributed by atoms with van der Waals surface area (Å²) in [5, 5.41) is 9.35. The van der Waals surface area contributed by atoms with Gasteiger partial charge in [0.2, 0.25) is 0 Å². The highest BCUT2D eigenvalue weighted by atomic mass is 35.5. The van der Waals surface area contributed by atoms with E-state index >= 15 is 0 Å². The van der Waals surface area contributed by atoms with Gasteiger partial charge in [0.05, 0.1) is 0 Å². The molecule has 0 radical (unpaired) electrons. The third kappa shape index (κ3) is 1.61. The van der Waals surface area contributed by atoms with Crippen molar-refractivity contribution in [2.75, 3.05) is 6.61 Å². The SMILES string of the molecule is Cl.N[C@@H]1[C@@H]2CC[C@@H](C2)[C@]12CCC[C@H](CO)C2. The molecular formula is C13H24ClNO. The lowest BCUT2D eigenvalue weighted by atomic mass is 9.60. The van der Waals surface area contributed by atoms with Crippen molar-refractivity contribution in [3.63, 3.8) is 0 Å². The van der Waals surface area contributed by atoms with Crippen LogP contribution in [0.2, 0.25) is 0 Å². The highest BCUT2D eigenvalue weighted by molar-refractivity contribution is 5.85. The van der Waals surface area contributed by atoms with Gasteiger partial charge in [0, 0.05) is 12.6 Å². The van der Waals surface area contributed by atoms with Crippen molar-refractivity contribution in [3.05, 3.63) is 0 Å². The largest absolute Gasteiger partial charge is 0.396 e. The first-order valence-electron chi connectivity index (χ1n) is 6.63. The molecule has 2 bridgehead atoms. The topological polar surface area (TPSA) is 46.2 Å². The molecule has 3 N–H and O–H groups in total. The summed E-state index contributed by atoms with van der Waals surface area (Å²) in [6.07, 6.45) is 9.25. The van der Waals surface area contributed by atoms with E-state index in [1.54, 1.807) is 0 Å². The van der Waals surface area contributed by atoms with Gasteiger partial charge in [-0.05, 0) is 61.7 Å². The summed E-state index contributed by atoms with van der Waals surface area (Å²) in [6, 6.07) is 0.450. The van der Waals surface area contributed by atoms with E-state index in [2.05, 4.69) is 0 Å². The van der Waals surface area contributed by atoms with Crippen molar-refractivity contribution in [1.29, 1.82) is 0 Å². The van der Waals surface area contributed by atoms with Crippen LogP contribution in [0.3, 0.4) is 0 Å². The van der Waals surface area contributed by atoms with Crippen LogP contribution in [0.5, 0.6) is 0 Å². The smallest absolute Gasteiger partial charge is 0.0459 e. The number of aliphatic hydroxyl groups excluding tert-OH is 1. The van der Waals surface area contributed by atoms with Crippen LogP contribution in [0.1, 0.15) is 44.9 Å². The zero-order valence-corrected chi connectivity index (χ0v) is 10.7. The summed E-state index contributed by atoms with van der Waals surface area (Å²) in [5.74, 6) is 2.25. The van der Waals surface area contributed by atoms with E-state index in [9.17, 15) is 5.11 Å². The molecule has 3 fully saturated rings. The van der Waals surface area contributed by atoms with Crippen LogP contribution in [0.4, 0.5) is 0 Å². The van der Waals surface area contributed by atoms with Crippen LogP contribution in [-0.2, 0) is 0 Å². The van der Waals surface area contributed by atoms with E-state index in [1.807, 2.05) is 0 Å². The van der Waals surface area contributed by atoms with Crippen molar-refractivity contribution in [1.82, 2.24) is 0 Å². The lowest BCUT2D eigenvalue weighted by Crippen LogP contribution is -2.49. The van der Waals surface area contributed by atoms with Gasteiger partial charge in [-0.25, -0.2) is 0 Å². The molecule has 0 saturated heterocycles. The van der Waals surface area contributed by atoms with Crippen LogP contribution in [0.15, 0.2) is 0 Å². The molecule has 0 aromatic heterocycles. The minimum atomic E-state index is 0. The zero-order valence-electron chi connectivity index (χ0n) is 9.90. The molecule has 3 rings (SSSR count). The number of hydrogen-bond acceptors (Lipinski definition) is 2. The molecule has 2 nitrogen and oxygen atoms in total. The molecule has 0 unspecified atom stereocenters. The average molecular weight is 246 g/mol. The molecule has 0 heterocycles. The monoisotopic (exact) mass is 245 g/mol. The first-order chi connectivity index (χ1) is 7.26. The predicted octanol–water partition coefficient (Wildman–Crippen LogP) is 2.33. The van der Waals surface area contributed by atoms with Crippen molar-refractivity contribution in [2.45, 2.75) is 51.0 Å². The third-order valence-electron chi connectivity index (χ3n) is 5.64. The highest BCUT2D eigenvalue weighted by Gasteiger charge is 2.57. The Bertz CT molecular complexity index is 256. The van der Waals surface area contributed by atoms with E-state index in [1.165, 1.54) is 44.9 Å². The summed E-state index contributed by atoms with van der Waals surface area (Å²) >= 11 is 0. The van der Waals surface area contributed by atoms with Crippen molar-refractivity contribution >= 4 is 12.4 Å². The second-order valence-electron chi connectivity index (χ2n) is 6.17. The maximum absolute atomic E-state index is 9.35. The molecule has 0 aromatic carbocycles. The van der Waals surface area contributed by atoms with E-state index in [-0.39, 0.29) is 12.4 Å². The van der Waals surface area contributed by atoms with E-state index in [0.29, 0.717) is 24.0 Å². The van der Waals surface area contributed by atoms with Crippen molar-refractivity contribution in [2.24, 2.45) is 28.9 Å². The van der Waals surface area contributed by atoms with Gasteiger partial charge < -0.3 is 10.8 Å². The molecule has 3 aliphatic carbocycles. The molecule has 5 atom stereocenters. The fourth-order valence-corrected chi connectivity index (χ4v) is 4.90.